The molecular weight excluding hydrogens is 430 g/mol. The van der Waals surface area contributed by atoms with Crippen molar-refractivity contribution in [1.82, 2.24) is 4.90 Å². The van der Waals surface area contributed by atoms with E-state index in [1.54, 1.807) is 18.2 Å². The predicted molar refractivity (Wildman–Crippen MR) is 124 cm³/mol. The van der Waals surface area contributed by atoms with Gasteiger partial charge in [0.05, 0.1) is 5.75 Å². The molecule has 0 spiro atoms. The molecule has 1 fully saturated rings. The summed E-state index contributed by atoms with van der Waals surface area (Å²) in [4.78, 5) is 14.7. The molecule has 0 aliphatic carbocycles. The topological polar surface area (TPSA) is 50.5 Å². The van der Waals surface area contributed by atoms with Crippen LogP contribution in [0.3, 0.4) is 0 Å². The van der Waals surface area contributed by atoms with Crippen molar-refractivity contribution in [3.63, 3.8) is 0 Å². The lowest BCUT2D eigenvalue weighted by Gasteiger charge is -2.31. The number of benzene rings is 2. The van der Waals surface area contributed by atoms with Gasteiger partial charge in [-0.1, -0.05) is 54.1 Å². The van der Waals surface area contributed by atoms with Gasteiger partial charge in [0.15, 0.2) is 5.76 Å². The molecule has 2 heterocycles. The number of halogens is 1. The number of furan rings is 1. The lowest BCUT2D eigenvalue weighted by Crippen LogP contribution is -2.38. The number of piperidine rings is 1. The molecule has 1 unspecified atom stereocenters. The first kappa shape index (κ1) is 21.8. The number of amides is 1. The maximum atomic E-state index is 12.8. The summed E-state index contributed by atoms with van der Waals surface area (Å²) in [6.07, 6.45) is 3.06. The highest BCUT2D eigenvalue weighted by atomic mass is 35.5. The van der Waals surface area contributed by atoms with E-state index in [1.165, 1.54) is 5.56 Å². The molecule has 1 saturated heterocycles. The number of rotatable bonds is 7. The first-order valence-corrected chi connectivity index (χ1v) is 12.4. The third-order valence-electron chi connectivity index (χ3n) is 5.66. The van der Waals surface area contributed by atoms with E-state index >= 15 is 0 Å². The highest BCUT2D eigenvalue weighted by Crippen LogP contribution is 2.24. The lowest BCUT2D eigenvalue weighted by atomic mass is 9.90. The molecule has 2 aromatic carbocycles. The molecule has 4 nitrogen and oxygen atoms in total. The van der Waals surface area contributed by atoms with Gasteiger partial charge < -0.3 is 9.32 Å². The molecule has 4 rings (SSSR count). The molecule has 1 aliphatic rings. The van der Waals surface area contributed by atoms with Crippen LogP contribution >= 0.6 is 11.6 Å². The molecule has 6 heteroatoms. The normalized spacial score (nSPS) is 15.7. The summed E-state index contributed by atoms with van der Waals surface area (Å²) < 4.78 is 18.2. The van der Waals surface area contributed by atoms with Gasteiger partial charge in [0.1, 0.15) is 5.76 Å². The fourth-order valence-corrected chi connectivity index (χ4v) is 5.37. The molecule has 1 aliphatic heterocycles. The summed E-state index contributed by atoms with van der Waals surface area (Å²) in [6, 6.07) is 21.3. The second-order valence-electron chi connectivity index (χ2n) is 8.05. The fraction of sp³-hybridized carbons (Fsp3) is 0.320. The standard InChI is InChI=1S/C25H26ClNO3S/c26-22-8-4-7-21(16-22)17-31(29)18-23-9-10-24(30-23)25(28)27-13-11-20(12-14-27)15-19-5-2-1-3-6-19/h1-10,16,20H,11-15,17-18H2. The Kier molecular flexibility index (Phi) is 7.25. The molecule has 0 bridgehead atoms. The molecule has 31 heavy (non-hydrogen) atoms. The third kappa shape index (κ3) is 6.08. The number of hydrogen-bond donors (Lipinski definition) is 0. The molecule has 0 N–H and O–H groups in total. The van der Waals surface area contributed by atoms with Gasteiger partial charge in [0.2, 0.25) is 0 Å². The Balaban J connectivity index is 1.28. The minimum Gasteiger partial charge on any atom is -0.455 e. The van der Waals surface area contributed by atoms with Crippen LogP contribution in [0.15, 0.2) is 71.1 Å². The smallest absolute Gasteiger partial charge is 0.289 e. The zero-order valence-electron chi connectivity index (χ0n) is 17.3. The summed E-state index contributed by atoms with van der Waals surface area (Å²) >= 11 is 5.99. The van der Waals surface area contributed by atoms with Crippen LogP contribution < -0.4 is 0 Å². The quantitative estimate of drug-likeness (QED) is 0.474. The number of carbonyl (C=O) groups excluding carboxylic acids is 1. The number of likely N-dealkylation sites (tertiary alicyclic amines) is 1. The van der Waals surface area contributed by atoms with E-state index in [1.807, 2.05) is 29.2 Å². The van der Waals surface area contributed by atoms with E-state index in [0.29, 0.717) is 28.2 Å². The van der Waals surface area contributed by atoms with E-state index < -0.39 is 10.8 Å². The number of hydrogen-bond acceptors (Lipinski definition) is 3. The maximum absolute atomic E-state index is 12.8. The minimum absolute atomic E-state index is 0.0787. The van der Waals surface area contributed by atoms with Gasteiger partial charge in [0, 0.05) is 34.7 Å². The third-order valence-corrected chi connectivity index (χ3v) is 7.16. The van der Waals surface area contributed by atoms with Crippen LogP contribution in [-0.4, -0.2) is 28.1 Å². The summed E-state index contributed by atoms with van der Waals surface area (Å²) in [5.74, 6) is 2.11. The van der Waals surface area contributed by atoms with Gasteiger partial charge in [0.25, 0.3) is 5.91 Å². The van der Waals surface area contributed by atoms with Gasteiger partial charge in [-0.25, -0.2) is 0 Å². The number of carbonyl (C=O) groups is 1. The summed E-state index contributed by atoms with van der Waals surface area (Å²) in [7, 11) is -1.14. The Morgan fingerprint density at radius 1 is 0.968 bits per heavy atom. The molecule has 0 radical (unpaired) electrons. The van der Waals surface area contributed by atoms with Crippen molar-refractivity contribution in [1.29, 1.82) is 0 Å². The Morgan fingerprint density at radius 2 is 1.71 bits per heavy atom. The second kappa shape index (κ2) is 10.3. The Hall–Kier alpha value is -2.37. The van der Waals surface area contributed by atoms with Gasteiger partial charge in [-0.3, -0.25) is 9.00 Å². The van der Waals surface area contributed by atoms with Gasteiger partial charge in [-0.05, 0) is 60.6 Å². The zero-order valence-corrected chi connectivity index (χ0v) is 18.9. The van der Waals surface area contributed by atoms with E-state index in [-0.39, 0.29) is 11.7 Å². The average molecular weight is 456 g/mol. The van der Waals surface area contributed by atoms with Crippen molar-refractivity contribution in [2.75, 3.05) is 13.1 Å². The Bertz CT molecular complexity index is 1040. The SMILES string of the molecule is O=C(c1ccc(CS(=O)Cc2cccc(Cl)c2)o1)N1CCC(Cc2ccccc2)CC1. The van der Waals surface area contributed by atoms with E-state index in [2.05, 4.69) is 24.3 Å². The highest BCUT2D eigenvalue weighted by molar-refractivity contribution is 7.83. The summed E-state index contributed by atoms with van der Waals surface area (Å²) in [5, 5.41) is 0.632. The van der Waals surface area contributed by atoms with Crippen molar-refractivity contribution in [2.45, 2.75) is 30.8 Å². The lowest BCUT2D eigenvalue weighted by molar-refractivity contribution is 0.0657. The molecule has 3 aromatic rings. The predicted octanol–water partition coefficient (Wildman–Crippen LogP) is 5.48. The van der Waals surface area contributed by atoms with Crippen LogP contribution in [0, 0.1) is 5.92 Å². The molecule has 162 valence electrons. The Labute approximate surface area is 190 Å². The van der Waals surface area contributed by atoms with Crippen LogP contribution in [-0.2, 0) is 28.7 Å². The van der Waals surface area contributed by atoms with Crippen LogP contribution in [0.25, 0.3) is 0 Å². The van der Waals surface area contributed by atoms with Crippen LogP contribution in [0.4, 0.5) is 0 Å². The summed E-state index contributed by atoms with van der Waals surface area (Å²) in [5.41, 5.74) is 2.28. The maximum Gasteiger partial charge on any atom is 0.289 e. The van der Waals surface area contributed by atoms with Gasteiger partial charge in [-0.15, -0.1) is 0 Å². The molecular formula is C25H26ClNO3S. The van der Waals surface area contributed by atoms with Crippen molar-refractivity contribution < 1.29 is 13.4 Å². The van der Waals surface area contributed by atoms with E-state index in [9.17, 15) is 9.00 Å². The second-order valence-corrected chi connectivity index (χ2v) is 9.94. The van der Waals surface area contributed by atoms with Gasteiger partial charge in [-0.2, -0.15) is 0 Å². The average Bonchev–Trinajstić information content (AvgIpc) is 3.23. The van der Waals surface area contributed by atoms with Crippen molar-refractivity contribution in [2.24, 2.45) is 5.92 Å². The van der Waals surface area contributed by atoms with Crippen LogP contribution in [0.5, 0.6) is 0 Å². The Morgan fingerprint density at radius 3 is 2.45 bits per heavy atom. The van der Waals surface area contributed by atoms with Crippen molar-refractivity contribution in [3.05, 3.63) is 94.4 Å². The molecule has 1 amide bonds. The summed E-state index contributed by atoms with van der Waals surface area (Å²) in [6.45, 7) is 1.49. The van der Waals surface area contributed by atoms with E-state index in [0.717, 1.165) is 37.9 Å². The molecule has 1 aromatic heterocycles. The van der Waals surface area contributed by atoms with Crippen molar-refractivity contribution in [3.8, 4) is 0 Å². The van der Waals surface area contributed by atoms with Gasteiger partial charge >= 0.3 is 0 Å². The van der Waals surface area contributed by atoms with Crippen LogP contribution in [0.1, 0.15) is 40.3 Å². The first-order chi connectivity index (χ1) is 15.1. The largest absolute Gasteiger partial charge is 0.455 e. The van der Waals surface area contributed by atoms with Crippen LogP contribution in [0.2, 0.25) is 5.02 Å². The van der Waals surface area contributed by atoms with E-state index in [4.69, 9.17) is 16.0 Å². The molecule has 1 atom stereocenters. The molecule has 0 saturated carbocycles. The highest BCUT2D eigenvalue weighted by Gasteiger charge is 2.25. The first-order valence-electron chi connectivity index (χ1n) is 10.6. The zero-order chi connectivity index (χ0) is 21.6. The monoisotopic (exact) mass is 455 g/mol. The minimum atomic E-state index is -1.14. The van der Waals surface area contributed by atoms with Crippen molar-refractivity contribution >= 4 is 28.3 Å². The number of nitrogens with zero attached hydrogens (tertiary/aromatic N) is 1. The fourth-order valence-electron chi connectivity index (χ4n) is 4.04.